The molecule has 1 aliphatic rings. The molecule has 3 unspecified atom stereocenters. The Morgan fingerprint density at radius 1 is 1.53 bits per heavy atom. The van der Waals surface area contributed by atoms with Gasteiger partial charge in [-0.1, -0.05) is 13.8 Å². The van der Waals surface area contributed by atoms with E-state index in [0.29, 0.717) is 12.0 Å². The van der Waals surface area contributed by atoms with Crippen LogP contribution in [0.3, 0.4) is 0 Å². The van der Waals surface area contributed by atoms with Gasteiger partial charge in [0.25, 0.3) is 0 Å². The molecule has 1 heterocycles. The Bertz CT molecular complexity index is 194. The molecule has 1 fully saturated rings. The molecular weight excluding hydrogens is 190 g/mol. The lowest BCUT2D eigenvalue weighted by molar-refractivity contribution is -0.0415. The van der Waals surface area contributed by atoms with Crippen molar-refractivity contribution in [2.45, 2.75) is 45.3 Å². The van der Waals surface area contributed by atoms with Crippen molar-refractivity contribution in [1.29, 1.82) is 0 Å². The SMILES string of the molecule is CCC(C)(O)CN1CCC(C)C(OC)C1. The van der Waals surface area contributed by atoms with Crippen molar-refractivity contribution >= 4 is 0 Å². The summed E-state index contributed by atoms with van der Waals surface area (Å²) in [7, 11) is 1.78. The lowest BCUT2D eigenvalue weighted by Crippen LogP contribution is -2.49. The fourth-order valence-electron chi connectivity index (χ4n) is 2.14. The normalized spacial score (nSPS) is 32.6. The van der Waals surface area contributed by atoms with Crippen LogP contribution < -0.4 is 0 Å². The molecular formula is C12H25NO2. The Hall–Kier alpha value is -0.120. The number of piperidine rings is 1. The van der Waals surface area contributed by atoms with E-state index in [9.17, 15) is 5.11 Å². The van der Waals surface area contributed by atoms with E-state index >= 15 is 0 Å². The number of nitrogens with zero attached hydrogens (tertiary/aromatic N) is 1. The van der Waals surface area contributed by atoms with Crippen molar-refractivity contribution in [3.8, 4) is 0 Å². The summed E-state index contributed by atoms with van der Waals surface area (Å²) in [6.45, 7) is 8.97. The molecule has 1 saturated heterocycles. The third-order valence-corrected chi connectivity index (χ3v) is 3.60. The third-order valence-electron chi connectivity index (χ3n) is 3.60. The number of likely N-dealkylation sites (tertiary alicyclic amines) is 1. The Balaban J connectivity index is 2.45. The fraction of sp³-hybridized carbons (Fsp3) is 1.00. The zero-order chi connectivity index (χ0) is 11.5. The van der Waals surface area contributed by atoms with Crippen LogP contribution in [0.25, 0.3) is 0 Å². The molecule has 0 aromatic heterocycles. The molecule has 0 spiro atoms. The Morgan fingerprint density at radius 2 is 2.20 bits per heavy atom. The van der Waals surface area contributed by atoms with Crippen LogP contribution in [0.15, 0.2) is 0 Å². The third kappa shape index (κ3) is 3.74. The molecule has 1 N–H and O–H groups in total. The number of hydrogen-bond donors (Lipinski definition) is 1. The van der Waals surface area contributed by atoms with E-state index in [0.717, 1.165) is 32.5 Å². The van der Waals surface area contributed by atoms with Crippen molar-refractivity contribution in [1.82, 2.24) is 4.90 Å². The van der Waals surface area contributed by atoms with Gasteiger partial charge in [-0.25, -0.2) is 0 Å². The standard InChI is InChI=1S/C12H25NO2/c1-5-12(3,14)9-13-7-6-10(2)11(8-13)15-4/h10-11,14H,5-9H2,1-4H3. The summed E-state index contributed by atoms with van der Waals surface area (Å²) in [6.07, 6.45) is 2.29. The number of ether oxygens (including phenoxy) is 1. The minimum absolute atomic E-state index is 0.325. The predicted molar refractivity (Wildman–Crippen MR) is 61.9 cm³/mol. The second kappa shape index (κ2) is 5.28. The molecule has 0 aromatic rings. The van der Waals surface area contributed by atoms with Crippen LogP contribution in [0.5, 0.6) is 0 Å². The highest BCUT2D eigenvalue weighted by molar-refractivity contribution is 4.83. The fourth-order valence-corrected chi connectivity index (χ4v) is 2.14. The first-order chi connectivity index (χ1) is 6.98. The molecule has 1 rings (SSSR count). The van der Waals surface area contributed by atoms with Crippen LogP contribution >= 0.6 is 0 Å². The molecule has 3 nitrogen and oxygen atoms in total. The van der Waals surface area contributed by atoms with Gasteiger partial charge in [0, 0.05) is 20.2 Å². The number of hydrogen-bond acceptors (Lipinski definition) is 3. The highest BCUT2D eigenvalue weighted by Crippen LogP contribution is 2.21. The molecule has 0 saturated carbocycles. The Morgan fingerprint density at radius 3 is 2.73 bits per heavy atom. The second-order valence-corrected chi connectivity index (χ2v) is 5.13. The summed E-state index contributed by atoms with van der Waals surface area (Å²) in [5, 5.41) is 10.0. The highest BCUT2D eigenvalue weighted by Gasteiger charge is 2.29. The van der Waals surface area contributed by atoms with Gasteiger partial charge in [-0.2, -0.15) is 0 Å². The van der Waals surface area contributed by atoms with Crippen molar-refractivity contribution in [3.63, 3.8) is 0 Å². The predicted octanol–water partition coefficient (Wildman–Crippen LogP) is 1.50. The van der Waals surface area contributed by atoms with Gasteiger partial charge >= 0.3 is 0 Å². The molecule has 0 radical (unpaired) electrons. The van der Waals surface area contributed by atoms with Gasteiger partial charge in [0.15, 0.2) is 0 Å². The van der Waals surface area contributed by atoms with E-state index in [-0.39, 0.29) is 0 Å². The first-order valence-electron chi connectivity index (χ1n) is 5.96. The van der Waals surface area contributed by atoms with Gasteiger partial charge in [-0.3, -0.25) is 4.90 Å². The number of rotatable bonds is 4. The molecule has 1 aliphatic heterocycles. The maximum absolute atomic E-state index is 10.0. The van der Waals surface area contributed by atoms with Gasteiger partial charge in [0.1, 0.15) is 0 Å². The molecule has 0 amide bonds. The summed E-state index contributed by atoms with van der Waals surface area (Å²) in [6, 6.07) is 0. The molecule has 3 heteroatoms. The zero-order valence-corrected chi connectivity index (χ0v) is 10.5. The molecule has 0 aliphatic carbocycles. The quantitative estimate of drug-likeness (QED) is 0.771. The van der Waals surface area contributed by atoms with Gasteiger partial charge in [-0.15, -0.1) is 0 Å². The van der Waals surface area contributed by atoms with Crippen LogP contribution in [0, 0.1) is 5.92 Å². The monoisotopic (exact) mass is 215 g/mol. The van der Waals surface area contributed by atoms with Crippen LogP contribution in [0.4, 0.5) is 0 Å². The van der Waals surface area contributed by atoms with Crippen molar-refractivity contribution < 1.29 is 9.84 Å². The average molecular weight is 215 g/mol. The number of methoxy groups -OCH3 is 1. The van der Waals surface area contributed by atoms with Gasteiger partial charge < -0.3 is 9.84 Å². The number of aliphatic hydroxyl groups is 1. The number of β-amino-alcohol motifs (C(OH)–C–C–N with tert-alkyl or cyclic N) is 1. The second-order valence-electron chi connectivity index (χ2n) is 5.13. The van der Waals surface area contributed by atoms with Crippen LogP contribution in [-0.4, -0.2) is 48.5 Å². The molecule has 0 aromatic carbocycles. The molecule has 3 atom stereocenters. The van der Waals surface area contributed by atoms with E-state index < -0.39 is 5.60 Å². The van der Waals surface area contributed by atoms with E-state index in [2.05, 4.69) is 11.8 Å². The lowest BCUT2D eigenvalue weighted by Gasteiger charge is -2.39. The Kier molecular flexibility index (Phi) is 4.56. The topological polar surface area (TPSA) is 32.7 Å². The average Bonchev–Trinajstić information content (AvgIpc) is 2.20. The van der Waals surface area contributed by atoms with E-state index in [1.165, 1.54) is 0 Å². The zero-order valence-electron chi connectivity index (χ0n) is 10.5. The smallest absolute Gasteiger partial charge is 0.0743 e. The largest absolute Gasteiger partial charge is 0.389 e. The summed E-state index contributed by atoms with van der Waals surface area (Å²) in [5.74, 6) is 0.637. The summed E-state index contributed by atoms with van der Waals surface area (Å²) >= 11 is 0. The lowest BCUT2D eigenvalue weighted by atomic mass is 9.94. The van der Waals surface area contributed by atoms with Crippen molar-refractivity contribution in [3.05, 3.63) is 0 Å². The molecule has 15 heavy (non-hydrogen) atoms. The minimum atomic E-state index is -0.557. The van der Waals surface area contributed by atoms with Gasteiger partial charge in [0.2, 0.25) is 0 Å². The first kappa shape index (κ1) is 12.9. The van der Waals surface area contributed by atoms with Crippen molar-refractivity contribution in [2.75, 3.05) is 26.7 Å². The van der Waals surface area contributed by atoms with Gasteiger partial charge in [-0.05, 0) is 32.2 Å². The summed E-state index contributed by atoms with van der Waals surface area (Å²) in [4.78, 5) is 2.32. The summed E-state index contributed by atoms with van der Waals surface area (Å²) < 4.78 is 5.46. The summed E-state index contributed by atoms with van der Waals surface area (Å²) in [5.41, 5.74) is -0.557. The maximum Gasteiger partial charge on any atom is 0.0743 e. The van der Waals surface area contributed by atoms with E-state index in [4.69, 9.17) is 4.74 Å². The van der Waals surface area contributed by atoms with E-state index in [1.54, 1.807) is 7.11 Å². The maximum atomic E-state index is 10.0. The van der Waals surface area contributed by atoms with Crippen LogP contribution in [-0.2, 0) is 4.74 Å². The van der Waals surface area contributed by atoms with Crippen LogP contribution in [0.1, 0.15) is 33.6 Å². The van der Waals surface area contributed by atoms with Crippen molar-refractivity contribution in [2.24, 2.45) is 5.92 Å². The van der Waals surface area contributed by atoms with E-state index in [1.807, 2.05) is 13.8 Å². The highest BCUT2D eigenvalue weighted by atomic mass is 16.5. The first-order valence-corrected chi connectivity index (χ1v) is 5.96. The molecule has 0 bridgehead atoms. The molecule has 90 valence electrons. The minimum Gasteiger partial charge on any atom is -0.389 e. The van der Waals surface area contributed by atoms with Crippen LogP contribution in [0.2, 0.25) is 0 Å². The van der Waals surface area contributed by atoms with Gasteiger partial charge in [0.05, 0.1) is 11.7 Å². The Labute approximate surface area is 93.4 Å².